The summed E-state index contributed by atoms with van der Waals surface area (Å²) in [5.74, 6) is -0.246. The molecule has 2 N–H and O–H groups in total. The second-order valence-corrected chi connectivity index (χ2v) is 6.97. The summed E-state index contributed by atoms with van der Waals surface area (Å²) in [4.78, 5) is -0.0230. The summed E-state index contributed by atoms with van der Waals surface area (Å²) in [5, 5.41) is 6.89. The van der Waals surface area contributed by atoms with Gasteiger partial charge >= 0.3 is 0 Å². The van der Waals surface area contributed by atoms with Crippen molar-refractivity contribution in [3.05, 3.63) is 23.9 Å². The number of nitrogens with one attached hydrogen (secondary N) is 2. The first-order valence-corrected chi connectivity index (χ1v) is 7.51. The fourth-order valence-corrected chi connectivity index (χ4v) is 3.74. The average molecular weight is 263 g/mol. The Balaban J connectivity index is 2.16. The first kappa shape index (κ1) is 11.3. The van der Waals surface area contributed by atoms with Gasteiger partial charge in [0.25, 0.3) is 0 Å². The second-order valence-electron chi connectivity index (χ2n) is 3.32. The zero-order chi connectivity index (χ0) is 11.8. The molecular formula is C7H9N3O4S2. The van der Waals surface area contributed by atoms with Crippen LogP contribution in [0.5, 0.6) is 0 Å². The van der Waals surface area contributed by atoms with Gasteiger partial charge in [0.15, 0.2) is 9.84 Å². The minimum absolute atomic E-state index is 0.0230. The van der Waals surface area contributed by atoms with Gasteiger partial charge in [0.1, 0.15) is 4.90 Å². The normalized spacial score (nSPS) is 23.6. The predicted octanol–water partition coefficient (Wildman–Crippen LogP) is -1.00. The number of sulfone groups is 1. The van der Waals surface area contributed by atoms with Crippen LogP contribution in [0.4, 0.5) is 0 Å². The van der Waals surface area contributed by atoms with Crippen molar-refractivity contribution in [1.29, 1.82) is 0 Å². The molecule has 2 heterocycles. The summed E-state index contributed by atoms with van der Waals surface area (Å²) in [7, 11) is -6.98. The zero-order valence-corrected chi connectivity index (χ0v) is 9.62. The third kappa shape index (κ3) is 2.31. The van der Waals surface area contributed by atoms with Gasteiger partial charge in [0.2, 0.25) is 10.0 Å². The van der Waals surface area contributed by atoms with Crippen molar-refractivity contribution in [1.82, 2.24) is 14.9 Å². The van der Waals surface area contributed by atoms with Gasteiger partial charge < -0.3 is 0 Å². The molecule has 9 heteroatoms. The van der Waals surface area contributed by atoms with Crippen molar-refractivity contribution < 1.29 is 16.8 Å². The Morgan fingerprint density at radius 2 is 2.25 bits per heavy atom. The van der Waals surface area contributed by atoms with Gasteiger partial charge in [0, 0.05) is 11.6 Å². The van der Waals surface area contributed by atoms with E-state index in [1.807, 2.05) is 0 Å². The zero-order valence-electron chi connectivity index (χ0n) is 7.99. The van der Waals surface area contributed by atoms with Crippen LogP contribution in [0.2, 0.25) is 0 Å². The largest absolute Gasteiger partial charge is 0.284 e. The molecule has 1 unspecified atom stereocenters. The molecule has 7 nitrogen and oxygen atoms in total. The Morgan fingerprint density at radius 1 is 1.50 bits per heavy atom. The number of hydrogen-bond acceptors (Lipinski definition) is 5. The van der Waals surface area contributed by atoms with E-state index >= 15 is 0 Å². The molecule has 16 heavy (non-hydrogen) atoms. The average Bonchev–Trinajstić information content (AvgIpc) is 2.74. The second kappa shape index (κ2) is 3.68. The van der Waals surface area contributed by atoms with Gasteiger partial charge in [-0.3, -0.25) is 5.10 Å². The van der Waals surface area contributed by atoms with E-state index in [1.54, 1.807) is 0 Å². The van der Waals surface area contributed by atoms with Gasteiger partial charge in [-0.1, -0.05) is 6.08 Å². The Hall–Kier alpha value is -1.19. The van der Waals surface area contributed by atoms with E-state index in [-0.39, 0.29) is 10.6 Å². The summed E-state index contributed by atoms with van der Waals surface area (Å²) in [6.45, 7) is 0. The quantitative estimate of drug-likeness (QED) is 0.727. The van der Waals surface area contributed by atoms with Crippen LogP contribution in [0.15, 0.2) is 28.8 Å². The molecule has 0 aliphatic carbocycles. The van der Waals surface area contributed by atoms with E-state index in [2.05, 4.69) is 14.9 Å². The molecule has 1 atom stereocenters. The highest BCUT2D eigenvalue weighted by molar-refractivity contribution is 7.94. The number of hydrogen-bond donors (Lipinski definition) is 2. The number of aromatic nitrogens is 2. The molecule has 0 saturated carbocycles. The van der Waals surface area contributed by atoms with Crippen LogP contribution in [0.25, 0.3) is 0 Å². The minimum Gasteiger partial charge on any atom is -0.284 e. The molecule has 0 bridgehead atoms. The van der Waals surface area contributed by atoms with Crippen LogP contribution in [-0.4, -0.2) is 38.8 Å². The van der Waals surface area contributed by atoms with E-state index in [1.165, 1.54) is 12.3 Å². The Kier molecular flexibility index (Phi) is 2.60. The first-order valence-electron chi connectivity index (χ1n) is 4.31. The minimum atomic E-state index is -3.71. The lowest BCUT2D eigenvalue weighted by Crippen LogP contribution is -2.35. The summed E-state index contributed by atoms with van der Waals surface area (Å²) >= 11 is 0. The van der Waals surface area contributed by atoms with Gasteiger partial charge in [-0.05, 0) is 0 Å². The van der Waals surface area contributed by atoms with Gasteiger partial charge in [-0.15, -0.1) is 0 Å². The molecule has 1 aromatic rings. The van der Waals surface area contributed by atoms with Crippen LogP contribution in [-0.2, 0) is 19.9 Å². The van der Waals surface area contributed by atoms with Crippen LogP contribution < -0.4 is 4.72 Å². The Bertz CT molecular complexity index is 600. The monoisotopic (exact) mass is 263 g/mol. The summed E-state index contributed by atoms with van der Waals surface area (Å²) in [6.07, 6.45) is 3.68. The molecule has 0 fully saturated rings. The van der Waals surface area contributed by atoms with Gasteiger partial charge in [-0.2, -0.15) is 5.10 Å². The topological polar surface area (TPSA) is 109 Å². The molecule has 0 aromatic carbocycles. The molecule has 0 saturated heterocycles. The predicted molar refractivity (Wildman–Crippen MR) is 55.6 cm³/mol. The number of nitrogens with zero attached hydrogens (tertiary/aromatic N) is 1. The maximum absolute atomic E-state index is 11.7. The third-order valence-electron chi connectivity index (χ3n) is 2.02. The van der Waals surface area contributed by atoms with Crippen LogP contribution in [0.1, 0.15) is 0 Å². The Labute approximate surface area is 92.5 Å². The SMILES string of the molecule is O=S1(=O)C=CC(NS(=O)(=O)c2cn[nH]c2)C1. The smallest absolute Gasteiger partial charge is 0.244 e. The van der Waals surface area contributed by atoms with E-state index in [4.69, 9.17) is 0 Å². The van der Waals surface area contributed by atoms with Crippen LogP contribution in [0.3, 0.4) is 0 Å². The number of H-pyrrole nitrogens is 1. The Morgan fingerprint density at radius 3 is 2.75 bits per heavy atom. The van der Waals surface area contributed by atoms with Gasteiger partial charge in [0.05, 0.1) is 18.0 Å². The molecule has 1 aliphatic rings. The molecule has 1 aliphatic heterocycles. The lowest BCUT2D eigenvalue weighted by atomic mass is 10.4. The summed E-state index contributed by atoms with van der Waals surface area (Å²) < 4.78 is 47.7. The number of sulfonamides is 1. The third-order valence-corrected chi connectivity index (χ3v) is 4.87. The standard InChI is InChI=1S/C7H9N3O4S2/c11-15(12)2-1-6(5-15)10-16(13,14)7-3-8-9-4-7/h1-4,6,10H,5H2,(H,8,9). The van der Waals surface area contributed by atoms with Crippen LogP contribution in [0, 0.1) is 0 Å². The summed E-state index contributed by atoms with van der Waals surface area (Å²) in [6, 6.07) is -0.718. The van der Waals surface area contributed by atoms with E-state index < -0.39 is 25.9 Å². The highest BCUT2D eigenvalue weighted by atomic mass is 32.2. The number of rotatable bonds is 3. The molecule has 0 amide bonds. The van der Waals surface area contributed by atoms with E-state index in [9.17, 15) is 16.8 Å². The molecule has 1 aromatic heterocycles. The molecule has 88 valence electrons. The molecule has 0 spiro atoms. The molecular weight excluding hydrogens is 254 g/mol. The van der Waals surface area contributed by atoms with Crippen molar-refractivity contribution in [3.8, 4) is 0 Å². The van der Waals surface area contributed by atoms with Crippen molar-refractivity contribution in [3.63, 3.8) is 0 Å². The van der Waals surface area contributed by atoms with Crippen molar-refractivity contribution in [2.24, 2.45) is 0 Å². The van der Waals surface area contributed by atoms with E-state index in [0.29, 0.717) is 0 Å². The fourth-order valence-electron chi connectivity index (χ4n) is 1.30. The highest BCUT2D eigenvalue weighted by Crippen LogP contribution is 2.12. The van der Waals surface area contributed by atoms with Gasteiger partial charge in [-0.25, -0.2) is 21.6 Å². The van der Waals surface area contributed by atoms with E-state index in [0.717, 1.165) is 11.6 Å². The maximum Gasteiger partial charge on any atom is 0.244 e. The maximum atomic E-state index is 11.7. The molecule has 0 radical (unpaired) electrons. The lowest BCUT2D eigenvalue weighted by molar-refractivity contribution is 0.575. The van der Waals surface area contributed by atoms with Crippen molar-refractivity contribution in [2.75, 3.05) is 5.75 Å². The van der Waals surface area contributed by atoms with Crippen LogP contribution >= 0.6 is 0 Å². The first-order chi connectivity index (χ1) is 7.39. The lowest BCUT2D eigenvalue weighted by Gasteiger charge is -2.08. The van der Waals surface area contributed by atoms with Crippen molar-refractivity contribution >= 4 is 19.9 Å². The fraction of sp³-hybridized carbons (Fsp3) is 0.286. The molecule has 2 rings (SSSR count). The number of aromatic amines is 1. The summed E-state index contributed by atoms with van der Waals surface area (Å²) in [5.41, 5.74) is 0. The van der Waals surface area contributed by atoms with Crippen molar-refractivity contribution in [2.45, 2.75) is 10.9 Å². The highest BCUT2D eigenvalue weighted by Gasteiger charge is 2.26.